The van der Waals surface area contributed by atoms with Crippen molar-refractivity contribution < 1.29 is 36.0 Å². The Kier molecular flexibility index (Phi) is 6.85. The summed E-state index contributed by atoms with van der Waals surface area (Å²) in [5, 5.41) is 7.31. The van der Waals surface area contributed by atoms with Gasteiger partial charge in [-0.05, 0) is 42.5 Å². The van der Waals surface area contributed by atoms with Crippen molar-refractivity contribution in [2.45, 2.75) is 22.5 Å². The van der Waals surface area contributed by atoms with Gasteiger partial charge in [0.1, 0.15) is 10.7 Å². The molecule has 0 aliphatic carbocycles. The fourth-order valence-electron chi connectivity index (χ4n) is 3.80. The highest BCUT2D eigenvalue weighted by Crippen LogP contribution is 2.34. The summed E-state index contributed by atoms with van der Waals surface area (Å²) in [5.74, 6) is -3.30. The van der Waals surface area contributed by atoms with Gasteiger partial charge in [0.05, 0.1) is 27.6 Å². The van der Waals surface area contributed by atoms with E-state index in [1.54, 1.807) is 11.4 Å². The number of alkyl halides is 3. The fraction of sp³-hybridized carbons (Fsp3) is 0.0800. The monoisotopic (exact) mass is 587 g/mol. The van der Waals surface area contributed by atoms with Crippen molar-refractivity contribution in [1.82, 2.24) is 15.3 Å². The zero-order valence-corrected chi connectivity index (χ0v) is 21.6. The largest absolute Gasteiger partial charge is 0.471 e. The molecule has 2 aromatic heterocycles. The van der Waals surface area contributed by atoms with E-state index in [0.717, 1.165) is 11.3 Å². The molecule has 0 atom stereocenters. The number of anilines is 2. The Labute approximate surface area is 228 Å². The number of pyridine rings is 1. The molecule has 0 radical (unpaired) electrons. The second-order valence-corrected chi connectivity index (χ2v) is 11.4. The molecule has 5 rings (SSSR count). The molecule has 3 amide bonds. The molecule has 3 heterocycles. The minimum absolute atomic E-state index is 0.00606. The van der Waals surface area contributed by atoms with Gasteiger partial charge < -0.3 is 16.0 Å². The molecule has 15 heteroatoms. The molecule has 0 unspecified atom stereocenters. The summed E-state index contributed by atoms with van der Waals surface area (Å²) < 4.78 is 63.8. The molecule has 0 saturated carbocycles. The normalized spacial score (nSPS) is 13.8. The first kappa shape index (κ1) is 27.0. The third-order valence-corrected chi connectivity index (χ3v) is 8.56. The van der Waals surface area contributed by atoms with Crippen LogP contribution in [0.1, 0.15) is 25.6 Å². The standard InChI is InChI=1S/C25H16F3N5O5S2/c26-25(27,28)24(36)32-14-7-8-29-18(10-14)23-31-12-15(39-23)11-30-21(34)13-5-6-20-17(9-13)33-22(35)16-3-1-2-4-19(16)40(20,37)38/h1-10,12H,11H2,(H,30,34)(H,33,35)(H,29,32,36). The minimum atomic E-state index is -5.04. The fourth-order valence-corrected chi connectivity index (χ4v) is 6.22. The van der Waals surface area contributed by atoms with Crippen LogP contribution in [0.4, 0.5) is 24.5 Å². The third-order valence-electron chi connectivity index (χ3n) is 5.67. The molecule has 4 aromatic rings. The van der Waals surface area contributed by atoms with Crippen molar-refractivity contribution in [1.29, 1.82) is 0 Å². The van der Waals surface area contributed by atoms with E-state index in [-0.39, 0.29) is 44.5 Å². The van der Waals surface area contributed by atoms with E-state index in [9.17, 15) is 36.0 Å². The van der Waals surface area contributed by atoms with Gasteiger partial charge in [0.25, 0.3) is 11.8 Å². The molecule has 0 spiro atoms. The smallest absolute Gasteiger partial charge is 0.347 e. The van der Waals surface area contributed by atoms with Crippen LogP contribution in [0.5, 0.6) is 0 Å². The Balaban J connectivity index is 1.29. The summed E-state index contributed by atoms with van der Waals surface area (Å²) >= 11 is 1.12. The Morgan fingerprint density at radius 2 is 1.77 bits per heavy atom. The molecule has 0 fully saturated rings. The number of thiazole rings is 1. The first-order valence-corrected chi connectivity index (χ1v) is 13.6. The number of nitrogens with zero attached hydrogens (tertiary/aromatic N) is 2. The van der Waals surface area contributed by atoms with Crippen LogP contribution in [0.2, 0.25) is 0 Å². The number of rotatable bonds is 5. The van der Waals surface area contributed by atoms with Crippen molar-refractivity contribution in [2.75, 3.05) is 10.6 Å². The molecular formula is C25H16F3N5O5S2. The van der Waals surface area contributed by atoms with E-state index in [2.05, 4.69) is 20.6 Å². The van der Waals surface area contributed by atoms with E-state index >= 15 is 0 Å². The number of amides is 3. The summed E-state index contributed by atoms with van der Waals surface area (Å²) in [6, 6.07) is 12.1. The predicted octanol–water partition coefficient (Wildman–Crippen LogP) is 4.03. The molecule has 204 valence electrons. The maximum Gasteiger partial charge on any atom is 0.471 e. The van der Waals surface area contributed by atoms with Gasteiger partial charge in [-0.3, -0.25) is 19.4 Å². The van der Waals surface area contributed by atoms with Crippen molar-refractivity contribution in [3.63, 3.8) is 0 Å². The molecule has 40 heavy (non-hydrogen) atoms. The molecule has 0 bridgehead atoms. The van der Waals surface area contributed by atoms with Gasteiger partial charge in [0, 0.05) is 28.5 Å². The van der Waals surface area contributed by atoms with Crippen LogP contribution in [-0.2, 0) is 21.2 Å². The van der Waals surface area contributed by atoms with Crippen LogP contribution in [0.3, 0.4) is 0 Å². The van der Waals surface area contributed by atoms with Gasteiger partial charge in [-0.25, -0.2) is 13.4 Å². The highest BCUT2D eigenvalue weighted by atomic mass is 32.2. The lowest BCUT2D eigenvalue weighted by Crippen LogP contribution is -2.29. The van der Waals surface area contributed by atoms with Gasteiger partial charge in [0.15, 0.2) is 0 Å². The summed E-state index contributed by atoms with van der Waals surface area (Å²) in [7, 11) is -4.02. The van der Waals surface area contributed by atoms with Crippen molar-refractivity contribution >= 4 is 50.3 Å². The Morgan fingerprint density at radius 3 is 2.55 bits per heavy atom. The number of benzene rings is 2. The predicted molar refractivity (Wildman–Crippen MR) is 137 cm³/mol. The van der Waals surface area contributed by atoms with Crippen LogP contribution in [-0.4, -0.2) is 42.3 Å². The number of fused-ring (bicyclic) bond motifs is 2. The molecule has 0 saturated heterocycles. The number of carbonyl (C=O) groups excluding carboxylic acids is 3. The van der Waals surface area contributed by atoms with Crippen LogP contribution in [0.25, 0.3) is 10.7 Å². The molecule has 1 aliphatic rings. The number of halogens is 3. The minimum Gasteiger partial charge on any atom is -0.347 e. The maximum atomic E-state index is 13.1. The van der Waals surface area contributed by atoms with Gasteiger partial charge in [0.2, 0.25) is 9.84 Å². The lowest BCUT2D eigenvalue weighted by Gasteiger charge is -2.10. The van der Waals surface area contributed by atoms with Crippen LogP contribution < -0.4 is 16.0 Å². The van der Waals surface area contributed by atoms with E-state index < -0.39 is 33.7 Å². The average Bonchev–Trinajstić information content (AvgIpc) is 3.37. The number of sulfone groups is 1. The maximum absolute atomic E-state index is 13.1. The highest BCUT2D eigenvalue weighted by Gasteiger charge is 2.38. The van der Waals surface area contributed by atoms with Gasteiger partial charge in [-0.2, -0.15) is 13.2 Å². The quantitative estimate of drug-likeness (QED) is 0.319. The summed E-state index contributed by atoms with van der Waals surface area (Å²) in [4.78, 5) is 45.2. The van der Waals surface area contributed by atoms with Gasteiger partial charge >= 0.3 is 12.1 Å². The van der Waals surface area contributed by atoms with E-state index in [1.165, 1.54) is 60.9 Å². The molecular weight excluding hydrogens is 571 g/mol. The topological polar surface area (TPSA) is 147 Å². The number of aromatic nitrogens is 2. The van der Waals surface area contributed by atoms with Crippen LogP contribution >= 0.6 is 11.3 Å². The Bertz CT molecular complexity index is 1790. The van der Waals surface area contributed by atoms with E-state index in [4.69, 9.17) is 0 Å². The van der Waals surface area contributed by atoms with Crippen LogP contribution in [0, 0.1) is 0 Å². The summed E-state index contributed by atoms with van der Waals surface area (Å²) in [6.07, 6.45) is -2.37. The Morgan fingerprint density at radius 1 is 1.00 bits per heavy atom. The molecule has 3 N–H and O–H groups in total. The van der Waals surface area contributed by atoms with E-state index in [1.807, 2.05) is 0 Å². The first-order valence-electron chi connectivity index (χ1n) is 11.3. The summed E-state index contributed by atoms with van der Waals surface area (Å²) in [6.45, 7) is 0.0220. The summed E-state index contributed by atoms with van der Waals surface area (Å²) in [5.41, 5.74) is 0.162. The van der Waals surface area contributed by atoms with Crippen molar-refractivity contribution in [2.24, 2.45) is 0 Å². The number of hydrogen-bond acceptors (Lipinski definition) is 8. The average molecular weight is 588 g/mol. The number of carbonyl (C=O) groups is 3. The number of nitrogens with one attached hydrogen (secondary N) is 3. The third kappa shape index (κ3) is 5.28. The molecule has 10 nitrogen and oxygen atoms in total. The Hall–Kier alpha value is -4.63. The highest BCUT2D eigenvalue weighted by molar-refractivity contribution is 7.91. The zero-order chi connectivity index (χ0) is 28.7. The van der Waals surface area contributed by atoms with Crippen molar-refractivity contribution in [3.05, 3.63) is 83.0 Å². The number of hydrogen-bond donors (Lipinski definition) is 3. The SMILES string of the molecule is O=C(NCc1cnc(-c2cc(NC(=O)C(F)(F)F)ccn2)s1)c1ccc2c(c1)NC(=O)c1ccccc1S2(=O)=O. The van der Waals surface area contributed by atoms with Crippen LogP contribution in [0.15, 0.2) is 76.8 Å². The van der Waals surface area contributed by atoms with Gasteiger partial charge in [-0.15, -0.1) is 11.3 Å². The van der Waals surface area contributed by atoms with Crippen molar-refractivity contribution in [3.8, 4) is 10.7 Å². The lowest BCUT2D eigenvalue weighted by molar-refractivity contribution is -0.167. The van der Waals surface area contributed by atoms with E-state index in [0.29, 0.717) is 9.88 Å². The first-order chi connectivity index (χ1) is 18.9. The van der Waals surface area contributed by atoms with Gasteiger partial charge in [-0.1, -0.05) is 12.1 Å². The molecule has 1 aliphatic heterocycles. The second-order valence-electron chi connectivity index (χ2n) is 8.36. The second kappa shape index (κ2) is 10.2. The zero-order valence-electron chi connectivity index (χ0n) is 19.9. The molecule has 2 aromatic carbocycles. The lowest BCUT2D eigenvalue weighted by atomic mass is 10.1.